The van der Waals surface area contributed by atoms with Crippen LogP contribution >= 0.6 is 12.6 Å². The fraction of sp³-hybridized carbons (Fsp3) is 0.542. The number of rotatable bonds is 13. The molecule has 176 valence electrons. The Balaban J connectivity index is 2.24. The molecule has 1 aromatic carbocycles. The number of hydrogen-bond acceptors (Lipinski definition) is 5. The summed E-state index contributed by atoms with van der Waals surface area (Å²) in [6.45, 7) is 7.23. The molecule has 0 bridgehead atoms. The summed E-state index contributed by atoms with van der Waals surface area (Å²) in [4.78, 5) is 28.6. The van der Waals surface area contributed by atoms with E-state index in [1.54, 1.807) is 18.2 Å². The van der Waals surface area contributed by atoms with Crippen molar-refractivity contribution in [3.63, 3.8) is 0 Å². The maximum atomic E-state index is 12.7. The van der Waals surface area contributed by atoms with Gasteiger partial charge in [-0.1, -0.05) is 33.3 Å². The Labute approximate surface area is 196 Å². The molecule has 2 N–H and O–H groups in total. The summed E-state index contributed by atoms with van der Waals surface area (Å²) in [6.07, 6.45) is 5.51. The Morgan fingerprint density at radius 2 is 2.06 bits per heavy atom. The van der Waals surface area contributed by atoms with E-state index in [1.165, 1.54) is 7.11 Å². The second kappa shape index (κ2) is 12.5. The number of nitrogens with one attached hydrogen (secondary N) is 1. The first kappa shape index (κ1) is 25.8. The number of thiol groups is 1. The van der Waals surface area contributed by atoms with Crippen molar-refractivity contribution >= 4 is 24.5 Å². The topological polar surface area (TPSA) is 93.5 Å². The van der Waals surface area contributed by atoms with Crippen molar-refractivity contribution in [1.29, 1.82) is 0 Å². The molecule has 1 heterocycles. The van der Waals surface area contributed by atoms with E-state index in [-0.39, 0.29) is 17.4 Å². The molecule has 0 aliphatic heterocycles. The van der Waals surface area contributed by atoms with Crippen molar-refractivity contribution in [2.75, 3.05) is 12.9 Å². The van der Waals surface area contributed by atoms with Gasteiger partial charge >= 0.3 is 5.97 Å². The number of amides is 1. The molecule has 1 aromatic heterocycles. The van der Waals surface area contributed by atoms with Crippen LogP contribution in [0.1, 0.15) is 67.5 Å². The number of unbranched alkanes of at least 4 members (excludes halogenated alkanes) is 1. The second-order valence-corrected chi connectivity index (χ2v) is 8.79. The normalized spacial score (nSPS) is 12.1. The number of aryl methyl sites for hydroxylation is 1. The van der Waals surface area contributed by atoms with Gasteiger partial charge in [0.1, 0.15) is 17.1 Å². The standard InChI is InChI=1S/C24H35N3O4S/c1-5-6-7-22-25-12-19(13-26-23(28)18(15-32)10-16(2)3)27(22)14-17-8-9-20(24(29)30)21(11-17)31-4/h8-9,11-12,16,18,32H,5-7,10,13-15H2,1-4H3,(H,26,28)(H,29,30). The van der Waals surface area contributed by atoms with Gasteiger partial charge < -0.3 is 19.7 Å². The predicted octanol–water partition coefficient (Wildman–Crippen LogP) is 4.19. The summed E-state index contributed by atoms with van der Waals surface area (Å²) in [5.41, 5.74) is 1.94. The number of carboxylic acids is 1. The van der Waals surface area contributed by atoms with Crippen molar-refractivity contribution in [3.05, 3.63) is 47.0 Å². The van der Waals surface area contributed by atoms with E-state index in [0.29, 0.717) is 30.5 Å². The highest BCUT2D eigenvalue weighted by atomic mass is 32.1. The number of ether oxygens (including phenoxy) is 1. The van der Waals surface area contributed by atoms with E-state index in [0.717, 1.165) is 42.8 Å². The van der Waals surface area contributed by atoms with Gasteiger partial charge in [-0.25, -0.2) is 9.78 Å². The minimum Gasteiger partial charge on any atom is -0.496 e. The van der Waals surface area contributed by atoms with Crippen LogP contribution < -0.4 is 10.1 Å². The van der Waals surface area contributed by atoms with Gasteiger partial charge in [0.25, 0.3) is 0 Å². The van der Waals surface area contributed by atoms with E-state index in [4.69, 9.17) is 4.74 Å². The smallest absolute Gasteiger partial charge is 0.339 e. The van der Waals surface area contributed by atoms with Crippen molar-refractivity contribution in [3.8, 4) is 5.75 Å². The summed E-state index contributed by atoms with van der Waals surface area (Å²) >= 11 is 4.35. The van der Waals surface area contributed by atoms with Crippen LogP contribution in [0.25, 0.3) is 0 Å². The summed E-state index contributed by atoms with van der Waals surface area (Å²) in [7, 11) is 1.46. The minimum absolute atomic E-state index is 0.00374. The SMILES string of the molecule is CCCCc1ncc(CNC(=O)C(CS)CC(C)C)n1Cc1ccc(C(=O)O)c(OC)c1. The van der Waals surface area contributed by atoms with Gasteiger partial charge in [-0.15, -0.1) is 0 Å². The molecule has 0 aliphatic rings. The van der Waals surface area contributed by atoms with Crippen LogP contribution in [0.2, 0.25) is 0 Å². The fourth-order valence-corrected chi connectivity index (χ4v) is 3.99. The van der Waals surface area contributed by atoms with Crippen molar-refractivity contribution in [1.82, 2.24) is 14.9 Å². The molecule has 1 unspecified atom stereocenters. The molecular weight excluding hydrogens is 426 g/mol. The van der Waals surface area contributed by atoms with Gasteiger partial charge in [-0.2, -0.15) is 12.6 Å². The quantitative estimate of drug-likeness (QED) is 0.389. The van der Waals surface area contributed by atoms with Crippen LogP contribution in [0.5, 0.6) is 5.75 Å². The average molecular weight is 462 g/mol. The first-order valence-corrected chi connectivity index (χ1v) is 11.8. The first-order valence-electron chi connectivity index (χ1n) is 11.1. The van der Waals surface area contributed by atoms with Crippen molar-refractivity contribution in [2.45, 2.75) is 59.5 Å². The molecule has 0 aliphatic carbocycles. The summed E-state index contributed by atoms with van der Waals surface area (Å²) in [5, 5.41) is 12.4. The zero-order valence-electron chi connectivity index (χ0n) is 19.4. The van der Waals surface area contributed by atoms with Gasteiger partial charge in [0.15, 0.2) is 0 Å². The number of imidazole rings is 1. The van der Waals surface area contributed by atoms with Gasteiger partial charge in [0.05, 0.1) is 25.5 Å². The summed E-state index contributed by atoms with van der Waals surface area (Å²) < 4.78 is 7.37. The monoisotopic (exact) mass is 461 g/mol. The van der Waals surface area contributed by atoms with Crippen LogP contribution in [-0.2, 0) is 24.3 Å². The van der Waals surface area contributed by atoms with Gasteiger partial charge in [0, 0.05) is 24.6 Å². The molecule has 0 spiro atoms. The Kier molecular flexibility index (Phi) is 10.1. The van der Waals surface area contributed by atoms with Crippen molar-refractivity contribution < 1.29 is 19.4 Å². The van der Waals surface area contributed by atoms with Crippen LogP contribution in [0.15, 0.2) is 24.4 Å². The molecule has 1 amide bonds. The number of carboxylic acid groups (broad SMARTS) is 1. The zero-order valence-corrected chi connectivity index (χ0v) is 20.3. The fourth-order valence-electron chi connectivity index (χ4n) is 3.67. The lowest BCUT2D eigenvalue weighted by Gasteiger charge is -2.18. The van der Waals surface area contributed by atoms with Gasteiger partial charge in [-0.05, 0) is 36.5 Å². The number of methoxy groups -OCH3 is 1. The molecule has 32 heavy (non-hydrogen) atoms. The highest BCUT2D eigenvalue weighted by molar-refractivity contribution is 7.80. The number of benzene rings is 1. The Morgan fingerprint density at radius 1 is 1.31 bits per heavy atom. The Morgan fingerprint density at radius 3 is 2.66 bits per heavy atom. The molecule has 0 radical (unpaired) electrons. The van der Waals surface area contributed by atoms with Crippen LogP contribution in [0, 0.1) is 11.8 Å². The molecule has 7 nitrogen and oxygen atoms in total. The molecule has 0 saturated heterocycles. The lowest BCUT2D eigenvalue weighted by Crippen LogP contribution is -2.32. The third-order valence-electron chi connectivity index (χ3n) is 5.40. The lowest BCUT2D eigenvalue weighted by molar-refractivity contribution is -0.124. The number of carbonyl (C=O) groups is 2. The van der Waals surface area contributed by atoms with Crippen LogP contribution in [0.4, 0.5) is 0 Å². The molecule has 2 rings (SSSR count). The van der Waals surface area contributed by atoms with Gasteiger partial charge in [0.2, 0.25) is 5.91 Å². The van der Waals surface area contributed by atoms with E-state index in [1.807, 2.05) is 6.20 Å². The number of hydrogen-bond donors (Lipinski definition) is 3. The van der Waals surface area contributed by atoms with E-state index in [9.17, 15) is 14.7 Å². The lowest BCUT2D eigenvalue weighted by atomic mass is 9.98. The van der Waals surface area contributed by atoms with Crippen LogP contribution in [0.3, 0.4) is 0 Å². The summed E-state index contributed by atoms with van der Waals surface area (Å²) in [6, 6.07) is 5.09. The number of carbonyl (C=O) groups excluding carboxylic acids is 1. The average Bonchev–Trinajstić information content (AvgIpc) is 3.14. The molecule has 2 aromatic rings. The van der Waals surface area contributed by atoms with E-state index < -0.39 is 5.97 Å². The predicted molar refractivity (Wildman–Crippen MR) is 129 cm³/mol. The summed E-state index contributed by atoms with van der Waals surface area (Å²) in [5.74, 6) is 1.07. The molecule has 1 atom stereocenters. The first-order chi connectivity index (χ1) is 15.3. The molecule has 8 heteroatoms. The third-order valence-corrected chi connectivity index (χ3v) is 5.84. The third kappa shape index (κ3) is 7.02. The Bertz CT molecular complexity index is 911. The maximum Gasteiger partial charge on any atom is 0.339 e. The number of nitrogens with zero attached hydrogens (tertiary/aromatic N) is 2. The van der Waals surface area contributed by atoms with Gasteiger partial charge in [-0.3, -0.25) is 4.79 Å². The largest absolute Gasteiger partial charge is 0.496 e. The highest BCUT2D eigenvalue weighted by Gasteiger charge is 2.19. The van der Waals surface area contributed by atoms with Crippen LogP contribution in [-0.4, -0.2) is 39.4 Å². The molecule has 0 fully saturated rings. The maximum absolute atomic E-state index is 12.7. The number of aromatic carboxylic acids is 1. The Hall–Kier alpha value is -2.48. The van der Waals surface area contributed by atoms with E-state index in [2.05, 4.69) is 48.3 Å². The van der Waals surface area contributed by atoms with Crippen molar-refractivity contribution in [2.24, 2.45) is 11.8 Å². The minimum atomic E-state index is -1.02. The second-order valence-electron chi connectivity index (χ2n) is 8.42. The zero-order chi connectivity index (χ0) is 23.7. The highest BCUT2D eigenvalue weighted by Crippen LogP contribution is 2.22. The molecule has 0 saturated carbocycles. The number of aromatic nitrogens is 2. The molecular formula is C24H35N3O4S. The van der Waals surface area contributed by atoms with E-state index >= 15 is 0 Å².